The van der Waals surface area contributed by atoms with Crippen LogP contribution in [0.5, 0.6) is 0 Å². The number of aryl methyl sites for hydroxylation is 1. The van der Waals surface area contributed by atoms with E-state index in [1.807, 2.05) is 4.90 Å². The number of carboxylic acids is 1. The summed E-state index contributed by atoms with van der Waals surface area (Å²) in [6.07, 6.45) is 0. The maximum absolute atomic E-state index is 12.6. The first-order chi connectivity index (χ1) is 12.1. The number of carbonyl (C=O) groups excluding carboxylic acids is 2. The van der Waals surface area contributed by atoms with Crippen LogP contribution in [-0.4, -0.2) is 70.6 Å². The highest BCUT2D eigenvalue weighted by Crippen LogP contribution is 2.28. The summed E-state index contributed by atoms with van der Waals surface area (Å²) in [5, 5.41) is 15.8. The lowest BCUT2D eigenvalue weighted by Crippen LogP contribution is -2.54. The first-order valence-corrected chi connectivity index (χ1v) is 8.55. The molecule has 0 radical (unpaired) electrons. The van der Waals surface area contributed by atoms with E-state index in [0.717, 1.165) is 0 Å². The van der Waals surface area contributed by atoms with Gasteiger partial charge in [0.25, 0.3) is 0 Å². The number of anilines is 1. The normalized spacial score (nSPS) is 17.0. The number of piperazine rings is 1. The maximum Gasteiger partial charge on any atom is 0.316 e. The summed E-state index contributed by atoms with van der Waals surface area (Å²) in [5.74, 6) is -1.78. The van der Waals surface area contributed by atoms with Crippen LogP contribution in [0.2, 0.25) is 0 Å². The van der Waals surface area contributed by atoms with E-state index in [0.29, 0.717) is 37.8 Å². The molecule has 1 saturated heterocycles. The third-order valence-electron chi connectivity index (χ3n) is 4.31. The molecule has 144 valence electrons. The van der Waals surface area contributed by atoms with Crippen molar-refractivity contribution in [2.45, 2.75) is 27.7 Å². The van der Waals surface area contributed by atoms with Crippen LogP contribution in [0.15, 0.2) is 10.6 Å². The summed E-state index contributed by atoms with van der Waals surface area (Å²) in [5.41, 5.74) is -0.657. The van der Waals surface area contributed by atoms with E-state index in [1.165, 1.54) is 0 Å². The molecule has 1 aliphatic heterocycles. The van der Waals surface area contributed by atoms with Crippen LogP contribution >= 0.6 is 0 Å². The van der Waals surface area contributed by atoms with Crippen LogP contribution in [-0.2, 0) is 14.4 Å². The smallest absolute Gasteiger partial charge is 0.316 e. The van der Waals surface area contributed by atoms with E-state index in [1.54, 1.807) is 38.7 Å². The van der Waals surface area contributed by atoms with Crippen molar-refractivity contribution in [2.75, 3.05) is 38.0 Å². The van der Waals surface area contributed by atoms with E-state index in [2.05, 4.69) is 10.5 Å². The molecule has 1 atom stereocenters. The topological polar surface area (TPSA) is 116 Å². The Kier molecular flexibility index (Phi) is 6.01. The van der Waals surface area contributed by atoms with Crippen LogP contribution in [0, 0.1) is 18.3 Å². The molecule has 1 aromatic heterocycles. The van der Waals surface area contributed by atoms with Crippen LogP contribution in [0.25, 0.3) is 0 Å². The molecule has 9 nitrogen and oxygen atoms in total. The van der Waals surface area contributed by atoms with Crippen molar-refractivity contribution in [3.63, 3.8) is 0 Å². The van der Waals surface area contributed by atoms with Gasteiger partial charge in [-0.2, -0.15) is 0 Å². The van der Waals surface area contributed by atoms with Crippen LogP contribution in [0.3, 0.4) is 0 Å². The molecule has 1 aliphatic rings. The highest BCUT2D eigenvalue weighted by molar-refractivity contribution is 5.97. The fourth-order valence-corrected chi connectivity index (χ4v) is 2.97. The minimum absolute atomic E-state index is 0.176. The van der Waals surface area contributed by atoms with Gasteiger partial charge >= 0.3 is 5.97 Å². The lowest BCUT2D eigenvalue weighted by molar-refractivity contribution is -0.157. The van der Waals surface area contributed by atoms with Crippen LogP contribution in [0.4, 0.5) is 5.82 Å². The van der Waals surface area contributed by atoms with Crippen molar-refractivity contribution in [3.05, 3.63) is 11.8 Å². The maximum atomic E-state index is 12.6. The molecule has 2 N–H and O–H groups in total. The van der Waals surface area contributed by atoms with Gasteiger partial charge in [-0.05, 0) is 12.3 Å². The second-order valence-electron chi connectivity index (χ2n) is 7.61. The third kappa shape index (κ3) is 5.04. The number of rotatable bonds is 5. The Balaban J connectivity index is 1.85. The van der Waals surface area contributed by atoms with Gasteiger partial charge in [0.15, 0.2) is 5.82 Å². The lowest BCUT2D eigenvalue weighted by atomic mass is 9.79. The molecule has 0 aliphatic carbocycles. The molecule has 0 bridgehead atoms. The Morgan fingerprint density at radius 2 is 1.88 bits per heavy atom. The third-order valence-corrected chi connectivity index (χ3v) is 4.31. The average Bonchev–Trinajstić information content (AvgIpc) is 2.90. The van der Waals surface area contributed by atoms with E-state index >= 15 is 0 Å². The van der Waals surface area contributed by atoms with Gasteiger partial charge in [0.1, 0.15) is 11.7 Å². The summed E-state index contributed by atoms with van der Waals surface area (Å²) < 4.78 is 4.89. The number of amides is 2. The minimum atomic E-state index is -1.10. The molecule has 0 aromatic carbocycles. The van der Waals surface area contributed by atoms with Crippen molar-refractivity contribution < 1.29 is 24.0 Å². The average molecular weight is 366 g/mol. The molecular weight excluding hydrogens is 340 g/mol. The largest absolute Gasteiger partial charge is 0.481 e. The van der Waals surface area contributed by atoms with E-state index in [-0.39, 0.29) is 18.4 Å². The van der Waals surface area contributed by atoms with Crippen molar-refractivity contribution >= 4 is 23.6 Å². The van der Waals surface area contributed by atoms with Crippen molar-refractivity contribution in [1.29, 1.82) is 0 Å². The second kappa shape index (κ2) is 7.86. The van der Waals surface area contributed by atoms with Gasteiger partial charge in [-0.15, -0.1) is 0 Å². The van der Waals surface area contributed by atoms with Gasteiger partial charge < -0.3 is 19.8 Å². The number of aliphatic carboxylic acids is 1. The zero-order chi connectivity index (χ0) is 19.5. The Labute approximate surface area is 152 Å². The van der Waals surface area contributed by atoms with Crippen molar-refractivity contribution in [3.8, 4) is 0 Å². The number of carbonyl (C=O) groups is 3. The number of hydrogen-bond acceptors (Lipinski definition) is 6. The van der Waals surface area contributed by atoms with Crippen molar-refractivity contribution in [2.24, 2.45) is 11.3 Å². The molecule has 2 amide bonds. The number of hydrogen-bond donors (Lipinski definition) is 2. The highest BCUT2D eigenvalue weighted by atomic mass is 16.5. The summed E-state index contributed by atoms with van der Waals surface area (Å²) in [4.78, 5) is 39.6. The summed E-state index contributed by atoms with van der Waals surface area (Å²) in [6, 6.07) is 1.63. The Bertz CT molecular complexity index is 671. The fraction of sp³-hybridized carbons (Fsp3) is 0.647. The molecule has 0 saturated carbocycles. The van der Waals surface area contributed by atoms with Gasteiger partial charge in [0, 0.05) is 32.2 Å². The van der Waals surface area contributed by atoms with Gasteiger partial charge in [-0.25, -0.2) is 0 Å². The number of carboxylic acid groups (broad SMARTS) is 1. The molecule has 26 heavy (non-hydrogen) atoms. The molecule has 9 heteroatoms. The quantitative estimate of drug-likeness (QED) is 0.741. The van der Waals surface area contributed by atoms with E-state index < -0.39 is 17.3 Å². The monoisotopic (exact) mass is 366 g/mol. The Hall–Kier alpha value is -2.42. The second-order valence-corrected chi connectivity index (χ2v) is 7.61. The minimum Gasteiger partial charge on any atom is -0.481 e. The van der Waals surface area contributed by atoms with Gasteiger partial charge in [-0.1, -0.05) is 25.9 Å². The van der Waals surface area contributed by atoms with Crippen LogP contribution < -0.4 is 5.32 Å². The predicted molar refractivity (Wildman–Crippen MR) is 93.5 cm³/mol. The molecule has 0 spiro atoms. The first-order valence-electron chi connectivity index (χ1n) is 8.55. The Morgan fingerprint density at radius 1 is 1.27 bits per heavy atom. The lowest BCUT2D eigenvalue weighted by Gasteiger charge is -2.37. The summed E-state index contributed by atoms with van der Waals surface area (Å²) >= 11 is 0. The fourth-order valence-electron chi connectivity index (χ4n) is 2.97. The molecule has 1 fully saturated rings. The number of aromatic nitrogens is 1. The predicted octanol–water partition coefficient (Wildman–Crippen LogP) is 0.813. The zero-order valence-electron chi connectivity index (χ0n) is 15.6. The van der Waals surface area contributed by atoms with Gasteiger partial charge in [-0.3, -0.25) is 19.3 Å². The van der Waals surface area contributed by atoms with E-state index in [4.69, 9.17) is 4.52 Å². The SMILES string of the molecule is Cc1cc(NC(=O)CN2CCN(C(=O)C(C(=O)O)C(C)(C)C)CC2)no1. The standard InChI is InChI=1S/C17H26N4O5/c1-11-9-12(19-26-11)18-13(22)10-20-5-7-21(8-6-20)15(23)14(16(24)25)17(2,3)4/h9,14H,5-8,10H2,1-4H3,(H,24,25)(H,18,19,22). The molecule has 2 rings (SSSR count). The van der Waals surface area contributed by atoms with Crippen molar-refractivity contribution in [1.82, 2.24) is 15.0 Å². The first kappa shape index (κ1) is 19.9. The van der Waals surface area contributed by atoms with E-state index in [9.17, 15) is 19.5 Å². The van der Waals surface area contributed by atoms with Gasteiger partial charge in [0.05, 0.1) is 6.54 Å². The van der Waals surface area contributed by atoms with Gasteiger partial charge in [0.2, 0.25) is 11.8 Å². The molecule has 1 aromatic rings. The molecule has 2 heterocycles. The number of nitrogens with one attached hydrogen (secondary N) is 1. The summed E-state index contributed by atoms with van der Waals surface area (Å²) in [6.45, 7) is 8.96. The molecule has 1 unspecified atom stereocenters. The summed E-state index contributed by atoms with van der Waals surface area (Å²) in [7, 11) is 0. The highest BCUT2D eigenvalue weighted by Gasteiger charge is 2.40. The molecular formula is C17H26N4O5. The van der Waals surface area contributed by atoms with Crippen LogP contribution in [0.1, 0.15) is 26.5 Å². The number of nitrogens with zero attached hydrogens (tertiary/aromatic N) is 3. The Morgan fingerprint density at radius 3 is 2.35 bits per heavy atom. The zero-order valence-corrected chi connectivity index (χ0v) is 15.6.